The van der Waals surface area contributed by atoms with Crippen LogP contribution in [0.4, 0.5) is 0 Å². The second kappa shape index (κ2) is 8.36. The highest BCUT2D eigenvalue weighted by Crippen LogP contribution is 2.22. The molecule has 4 aromatic heterocycles. The summed E-state index contributed by atoms with van der Waals surface area (Å²) in [6, 6.07) is 11.7. The molecule has 0 fully saturated rings. The van der Waals surface area contributed by atoms with Gasteiger partial charge in [-0.2, -0.15) is 0 Å². The minimum Gasteiger partial charge on any atom is -0.347 e. The fourth-order valence-electron chi connectivity index (χ4n) is 3.58. The largest absolute Gasteiger partial charge is 0.347 e. The van der Waals surface area contributed by atoms with E-state index in [1.165, 1.54) is 0 Å². The normalized spacial score (nSPS) is 11.2. The number of carbonyl (C=O) groups excluding carboxylic acids is 1. The van der Waals surface area contributed by atoms with Gasteiger partial charge >= 0.3 is 0 Å². The van der Waals surface area contributed by atoms with E-state index >= 15 is 0 Å². The van der Waals surface area contributed by atoms with Crippen molar-refractivity contribution < 1.29 is 4.79 Å². The molecular formula is C24H19ClN6O. The molecule has 158 valence electrons. The van der Waals surface area contributed by atoms with Gasteiger partial charge in [0.05, 0.1) is 10.5 Å². The molecule has 0 saturated carbocycles. The summed E-state index contributed by atoms with van der Waals surface area (Å²) in [5.41, 5.74) is 5.00. The zero-order valence-electron chi connectivity index (χ0n) is 17.3. The Kier molecular flexibility index (Phi) is 5.25. The van der Waals surface area contributed by atoms with E-state index in [2.05, 4.69) is 42.4 Å². The summed E-state index contributed by atoms with van der Waals surface area (Å²) < 4.78 is 0. The van der Waals surface area contributed by atoms with Crippen molar-refractivity contribution in [1.82, 2.24) is 30.2 Å². The molecule has 32 heavy (non-hydrogen) atoms. The number of hydrogen-bond donors (Lipinski definition) is 2. The number of benzene rings is 1. The number of aryl methyl sites for hydroxylation is 1. The highest BCUT2D eigenvalue weighted by Gasteiger charge is 2.11. The van der Waals surface area contributed by atoms with Gasteiger partial charge in [0.15, 0.2) is 0 Å². The number of hydrogen-bond acceptors (Lipinski definition) is 5. The number of carbonyl (C=O) groups is 1. The van der Waals surface area contributed by atoms with Crippen molar-refractivity contribution in [3.63, 3.8) is 0 Å². The summed E-state index contributed by atoms with van der Waals surface area (Å²) in [6.45, 7) is 2.34. The average Bonchev–Trinajstić information content (AvgIpc) is 3.17. The summed E-state index contributed by atoms with van der Waals surface area (Å²) in [5.74, 6) is 0.312. The van der Waals surface area contributed by atoms with Crippen LogP contribution in [0.1, 0.15) is 33.0 Å². The molecule has 1 aromatic carbocycles. The van der Waals surface area contributed by atoms with Crippen LogP contribution in [-0.2, 0) is 13.0 Å². The molecule has 4 heterocycles. The quantitative estimate of drug-likeness (QED) is 0.421. The molecule has 0 aliphatic carbocycles. The number of aromatic nitrogens is 5. The molecule has 0 bridgehead atoms. The van der Waals surface area contributed by atoms with Crippen LogP contribution in [0.25, 0.3) is 21.9 Å². The lowest BCUT2D eigenvalue weighted by molar-refractivity contribution is 0.0945. The Balaban J connectivity index is 1.29. The Morgan fingerprint density at radius 1 is 1.06 bits per heavy atom. The number of nitrogens with zero attached hydrogens (tertiary/aromatic N) is 4. The monoisotopic (exact) mass is 442 g/mol. The van der Waals surface area contributed by atoms with Gasteiger partial charge in [0.25, 0.3) is 5.91 Å². The number of H-pyrrole nitrogens is 1. The van der Waals surface area contributed by atoms with E-state index in [9.17, 15) is 4.79 Å². The maximum atomic E-state index is 12.7. The third-order valence-corrected chi connectivity index (χ3v) is 5.49. The third kappa shape index (κ3) is 4.15. The van der Waals surface area contributed by atoms with Crippen molar-refractivity contribution in [3.8, 4) is 0 Å². The minimum atomic E-state index is -0.271. The van der Waals surface area contributed by atoms with Gasteiger partial charge in [0, 0.05) is 48.5 Å². The molecule has 0 unspecified atom stereocenters. The Morgan fingerprint density at radius 2 is 1.97 bits per heavy atom. The van der Waals surface area contributed by atoms with Crippen LogP contribution >= 0.6 is 11.6 Å². The van der Waals surface area contributed by atoms with Crippen LogP contribution in [0.2, 0.25) is 5.02 Å². The van der Waals surface area contributed by atoms with Crippen LogP contribution in [0, 0.1) is 6.92 Å². The van der Waals surface area contributed by atoms with Crippen LogP contribution in [0.15, 0.2) is 61.2 Å². The fraction of sp³-hybridized carbons (Fsp3) is 0.125. The maximum Gasteiger partial charge on any atom is 0.270 e. The van der Waals surface area contributed by atoms with Gasteiger partial charge in [-0.15, -0.1) is 0 Å². The number of aromatic amines is 1. The zero-order chi connectivity index (χ0) is 22.1. The van der Waals surface area contributed by atoms with E-state index in [4.69, 9.17) is 11.6 Å². The number of halogens is 1. The summed E-state index contributed by atoms with van der Waals surface area (Å²) in [5, 5.41) is 5.38. The molecule has 5 rings (SSSR count). The zero-order valence-corrected chi connectivity index (χ0v) is 18.0. The molecule has 2 N–H and O–H groups in total. The van der Waals surface area contributed by atoms with Crippen molar-refractivity contribution >= 4 is 39.4 Å². The molecule has 7 nitrogen and oxygen atoms in total. The van der Waals surface area contributed by atoms with E-state index in [1.807, 2.05) is 31.3 Å². The molecule has 0 radical (unpaired) electrons. The van der Waals surface area contributed by atoms with Crippen LogP contribution < -0.4 is 5.32 Å². The highest BCUT2D eigenvalue weighted by atomic mass is 35.5. The lowest BCUT2D eigenvalue weighted by Crippen LogP contribution is -2.24. The van der Waals surface area contributed by atoms with Gasteiger partial charge < -0.3 is 10.3 Å². The Morgan fingerprint density at radius 3 is 2.88 bits per heavy atom. The summed E-state index contributed by atoms with van der Waals surface area (Å²) in [6.07, 6.45) is 7.39. The van der Waals surface area contributed by atoms with Crippen molar-refractivity contribution in [2.75, 3.05) is 0 Å². The first kappa shape index (κ1) is 20.1. The van der Waals surface area contributed by atoms with E-state index in [1.54, 1.807) is 24.7 Å². The van der Waals surface area contributed by atoms with Gasteiger partial charge in [0.2, 0.25) is 0 Å². The van der Waals surface area contributed by atoms with Gasteiger partial charge in [-0.3, -0.25) is 9.78 Å². The standard InChI is InChI=1S/C24H19ClN6O/c1-14-6-17-7-15(2-3-20(17)27-10-14)9-22-26-5-4-21(31-22)24(32)30-12-16-8-18-19(25)13-29-23(18)28-11-16/h2-8,10-11,13H,9,12H2,1H3,(H,28,29)(H,30,32). The maximum absolute atomic E-state index is 12.7. The predicted molar refractivity (Wildman–Crippen MR) is 124 cm³/mol. The Labute approximate surface area is 188 Å². The smallest absolute Gasteiger partial charge is 0.270 e. The summed E-state index contributed by atoms with van der Waals surface area (Å²) >= 11 is 6.15. The van der Waals surface area contributed by atoms with Crippen molar-refractivity contribution in [1.29, 1.82) is 0 Å². The van der Waals surface area contributed by atoms with Crippen LogP contribution in [0.5, 0.6) is 0 Å². The van der Waals surface area contributed by atoms with E-state index in [0.717, 1.165) is 33.0 Å². The number of rotatable bonds is 5. The lowest BCUT2D eigenvalue weighted by Gasteiger charge is -2.07. The molecule has 0 spiro atoms. The van der Waals surface area contributed by atoms with Crippen molar-refractivity contribution in [2.45, 2.75) is 19.9 Å². The number of fused-ring (bicyclic) bond motifs is 2. The number of amides is 1. The SMILES string of the molecule is Cc1cnc2ccc(Cc3nccc(C(=O)NCc4cnc5[nH]cc(Cl)c5c4)n3)cc2c1. The molecule has 1 amide bonds. The molecule has 0 atom stereocenters. The first-order valence-electron chi connectivity index (χ1n) is 10.1. The minimum absolute atomic E-state index is 0.271. The Hall–Kier alpha value is -3.84. The van der Waals surface area contributed by atoms with Crippen LogP contribution in [-0.4, -0.2) is 30.8 Å². The Bertz CT molecular complexity index is 1460. The summed E-state index contributed by atoms with van der Waals surface area (Å²) in [4.78, 5) is 33.2. The van der Waals surface area contributed by atoms with Crippen LogP contribution in [0.3, 0.4) is 0 Å². The third-order valence-electron chi connectivity index (χ3n) is 5.17. The van der Waals surface area contributed by atoms with E-state index in [0.29, 0.717) is 35.2 Å². The van der Waals surface area contributed by atoms with Crippen molar-refractivity contribution in [2.24, 2.45) is 0 Å². The van der Waals surface area contributed by atoms with E-state index < -0.39 is 0 Å². The summed E-state index contributed by atoms with van der Waals surface area (Å²) in [7, 11) is 0. The predicted octanol–water partition coefficient (Wildman–Crippen LogP) is 4.38. The second-order valence-electron chi connectivity index (χ2n) is 7.63. The van der Waals surface area contributed by atoms with Gasteiger partial charge in [-0.05, 0) is 53.9 Å². The molecule has 0 aliphatic rings. The van der Waals surface area contributed by atoms with E-state index in [-0.39, 0.29) is 5.91 Å². The molecular weight excluding hydrogens is 424 g/mol. The molecule has 5 aromatic rings. The second-order valence-corrected chi connectivity index (χ2v) is 8.04. The molecule has 0 saturated heterocycles. The van der Waals surface area contributed by atoms with Gasteiger partial charge in [-0.25, -0.2) is 15.0 Å². The van der Waals surface area contributed by atoms with Gasteiger partial charge in [-0.1, -0.05) is 17.7 Å². The average molecular weight is 443 g/mol. The number of pyridine rings is 2. The highest BCUT2D eigenvalue weighted by molar-refractivity contribution is 6.35. The first-order chi connectivity index (χ1) is 15.5. The first-order valence-corrected chi connectivity index (χ1v) is 10.5. The fourth-order valence-corrected chi connectivity index (χ4v) is 3.78. The molecule has 8 heteroatoms. The van der Waals surface area contributed by atoms with Crippen molar-refractivity contribution in [3.05, 3.63) is 94.4 Å². The topological polar surface area (TPSA) is 96.5 Å². The molecule has 0 aliphatic heterocycles. The lowest BCUT2D eigenvalue weighted by atomic mass is 10.1. The van der Waals surface area contributed by atoms with Gasteiger partial charge in [0.1, 0.15) is 17.2 Å². The number of nitrogens with one attached hydrogen (secondary N) is 2.